The molecule has 5 aliphatic carbocycles. The van der Waals surface area contributed by atoms with Crippen LogP contribution in [0.4, 0.5) is 0 Å². The molecule has 0 aromatic rings. The van der Waals surface area contributed by atoms with Gasteiger partial charge in [0, 0.05) is 59.0 Å². The summed E-state index contributed by atoms with van der Waals surface area (Å²) in [5.41, 5.74) is -3.94. The van der Waals surface area contributed by atoms with Gasteiger partial charge in [0.2, 0.25) is 0 Å². The highest BCUT2D eigenvalue weighted by atomic mass is 16.7. The van der Waals surface area contributed by atoms with Crippen LogP contribution in [-0.2, 0) is 33.2 Å². The van der Waals surface area contributed by atoms with E-state index in [9.17, 15) is 9.90 Å². The van der Waals surface area contributed by atoms with Gasteiger partial charge in [-0.25, -0.2) is 0 Å². The normalized spacial score (nSPS) is 60.2. The lowest BCUT2D eigenvalue weighted by Crippen LogP contribution is -2.85. The van der Waals surface area contributed by atoms with Crippen LogP contribution < -0.4 is 0 Å². The Morgan fingerprint density at radius 2 is 1.89 bits per heavy atom. The zero-order valence-corrected chi connectivity index (χ0v) is 22.3. The second kappa shape index (κ2) is 7.23. The van der Waals surface area contributed by atoms with Crippen molar-refractivity contribution in [2.45, 2.75) is 93.7 Å². The zero-order valence-electron chi connectivity index (χ0n) is 22.3. The van der Waals surface area contributed by atoms with Crippen LogP contribution in [-0.4, -0.2) is 104 Å². The number of esters is 1. The summed E-state index contributed by atoms with van der Waals surface area (Å²) in [4.78, 5) is 15.3. The Balaban J connectivity index is 1.61. The van der Waals surface area contributed by atoms with Crippen molar-refractivity contribution in [1.29, 1.82) is 0 Å². The summed E-state index contributed by atoms with van der Waals surface area (Å²) in [7, 11) is 5.23. The van der Waals surface area contributed by atoms with E-state index in [0.29, 0.717) is 12.8 Å². The van der Waals surface area contributed by atoms with Gasteiger partial charge in [0.15, 0.2) is 5.60 Å². The second-order valence-corrected chi connectivity index (χ2v) is 12.9. The fourth-order valence-corrected chi connectivity index (χ4v) is 11.7. The zero-order chi connectivity index (χ0) is 25.5. The third-order valence-corrected chi connectivity index (χ3v) is 12.2. The number of hydrogen-bond donors (Lipinski definition) is 1. The number of hydrogen-bond acceptors (Lipinski definition) is 9. The maximum absolute atomic E-state index is 13.4. The van der Waals surface area contributed by atoms with Crippen LogP contribution >= 0.6 is 0 Å². The Hall–Kier alpha value is -0.810. The quantitative estimate of drug-likeness (QED) is 0.553. The number of methoxy groups -OCH3 is 3. The van der Waals surface area contributed by atoms with Crippen LogP contribution in [0.25, 0.3) is 0 Å². The number of carbonyl (C=O) groups is 1. The van der Waals surface area contributed by atoms with Crippen LogP contribution in [0.15, 0.2) is 0 Å². The van der Waals surface area contributed by atoms with Gasteiger partial charge in [-0.15, -0.1) is 0 Å². The predicted octanol–water partition coefficient (Wildman–Crippen LogP) is 1.35. The van der Waals surface area contributed by atoms with Crippen molar-refractivity contribution in [3.05, 3.63) is 0 Å². The van der Waals surface area contributed by atoms with E-state index in [4.69, 9.17) is 28.4 Å². The van der Waals surface area contributed by atoms with Crippen LogP contribution in [0, 0.1) is 28.6 Å². The number of ether oxygens (including phenoxy) is 6. The maximum Gasteiger partial charge on any atom is 0.303 e. The molecular formula is C27H41NO8. The molecule has 2 heterocycles. The number of likely N-dealkylation sites (N-methyl/N-ethyl adjacent to an activating group) is 1. The largest absolute Gasteiger partial charge is 0.459 e. The van der Waals surface area contributed by atoms with Crippen molar-refractivity contribution in [1.82, 2.24) is 4.90 Å². The molecule has 7 aliphatic rings. The van der Waals surface area contributed by atoms with Gasteiger partial charge in [-0.3, -0.25) is 9.69 Å². The number of piperidine rings is 1. The molecule has 7 rings (SSSR count). The molecule has 202 valence electrons. The summed E-state index contributed by atoms with van der Waals surface area (Å²) >= 11 is 0. The molecule has 9 nitrogen and oxygen atoms in total. The van der Waals surface area contributed by atoms with Crippen LogP contribution in [0.5, 0.6) is 0 Å². The average molecular weight is 508 g/mol. The van der Waals surface area contributed by atoms with E-state index in [1.54, 1.807) is 21.3 Å². The molecule has 36 heavy (non-hydrogen) atoms. The summed E-state index contributed by atoms with van der Waals surface area (Å²) in [6.45, 7) is 7.72. The molecule has 9 heteroatoms. The monoisotopic (exact) mass is 507 g/mol. The van der Waals surface area contributed by atoms with Gasteiger partial charge in [0.05, 0.1) is 35.4 Å². The molecule has 2 unspecified atom stereocenters. The highest BCUT2D eigenvalue weighted by Crippen LogP contribution is 2.83. The van der Waals surface area contributed by atoms with Crippen molar-refractivity contribution in [2.75, 3.05) is 41.2 Å². The topological polar surface area (TPSA) is 95.9 Å². The average Bonchev–Trinajstić information content (AvgIpc) is 3.40. The lowest BCUT2D eigenvalue weighted by molar-refractivity contribution is -0.332. The lowest BCUT2D eigenvalue weighted by atomic mass is 9.41. The summed E-state index contributed by atoms with van der Waals surface area (Å²) in [5, 5.41) is 13.4. The van der Waals surface area contributed by atoms with Crippen molar-refractivity contribution in [3.8, 4) is 0 Å². The summed E-state index contributed by atoms with van der Waals surface area (Å²) in [6, 6.07) is -0.224. The molecular weight excluding hydrogens is 466 g/mol. The highest BCUT2D eigenvalue weighted by Gasteiger charge is 2.97. The number of likely N-dealkylation sites (tertiary alicyclic amines) is 1. The molecule has 1 N–H and O–H groups in total. The lowest BCUT2D eigenvalue weighted by Gasteiger charge is -2.71. The smallest absolute Gasteiger partial charge is 0.303 e. The fourth-order valence-electron chi connectivity index (χ4n) is 11.7. The van der Waals surface area contributed by atoms with Crippen LogP contribution in [0.2, 0.25) is 0 Å². The Bertz CT molecular complexity index is 979. The van der Waals surface area contributed by atoms with E-state index in [1.165, 1.54) is 6.92 Å². The van der Waals surface area contributed by atoms with Crippen LogP contribution in [0.1, 0.15) is 46.5 Å². The molecule has 7 fully saturated rings. The number of aliphatic hydroxyl groups is 1. The predicted molar refractivity (Wildman–Crippen MR) is 126 cm³/mol. The van der Waals surface area contributed by atoms with Crippen molar-refractivity contribution in [3.63, 3.8) is 0 Å². The van der Waals surface area contributed by atoms with Gasteiger partial charge in [-0.05, 0) is 31.2 Å². The van der Waals surface area contributed by atoms with E-state index in [1.807, 2.05) is 0 Å². The van der Waals surface area contributed by atoms with Crippen molar-refractivity contribution in [2.24, 2.45) is 28.6 Å². The van der Waals surface area contributed by atoms with Gasteiger partial charge in [0.1, 0.15) is 18.5 Å². The minimum absolute atomic E-state index is 0.0317. The second-order valence-electron chi connectivity index (χ2n) is 12.9. The molecule has 0 amide bonds. The molecule has 0 aromatic carbocycles. The fraction of sp³-hybridized carbons (Fsp3) is 0.963. The molecule has 2 saturated heterocycles. The molecule has 0 radical (unpaired) electrons. The van der Waals surface area contributed by atoms with E-state index in [0.717, 1.165) is 25.9 Å². The molecule has 13 atom stereocenters. The third-order valence-electron chi connectivity index (χ3n) is 12.2. The Labute approximate surface area is 213 Å². The van der Waals surface area contributed by atoms with E-state index < -0.39 is 28.3 Å². The van der Waals surface area contributed by atoms with Crippen molar-refractivity contribution >= 4 is 5.97 Å². The minimum Gasteiger partial charge on any atom is -0.459 e. The summed E-state index contributed by atoms with van der Waals surface area (Å²) in [6.07, 6.45) is 1.69. The number of nitrogens with zero attached hydrogens (tertiary/aromatic N) is 1. The SMILES string of the molecule is CCN1C[C@]2(C)CC[C@H](OC)[C@]34C2[C@H](OC(C)=O)[C@@]2(OCO[C@@]25C[C@H](OC)[C@H]2C[C@]3(O)[C@@H]5[C@H]2OC)C14. The number of carbonyl (C=O) groups excluding carboxylic acids is 1. The molecule has 2 aliphatic heterocycles. The first-order valence-corrected chi connectivity index (χ1v) is 13.7. The molecule has 0 aromatic heterocycles. The van der Waals surface area contributed by atoms with Crippen molar-refractivity contribution < 1.29 is 38.3 Å². The minimum atomic E-state index is -1.16. The maximum atomic E-state index is 13.4. The standard InChI is InChI=1S/C27H41NO8/c1-7-28-12-23(3)9-8-17(32-5)26-20(23)21(36-14(2)29)27(22(26)28)25(34-13-35-27)11-16(31-4)15-10-24(26,30)19(25)18(15)33-6/h15-22,30H,7-13H2,1-6H3/t15-,16+,17+,18+,19+,20?,21+,22?,23+,24+,25-,26-,27-/m1/s1. The van der Waals surface area contributed by atoms with Gasteiger partial charge < -0.3 is 33.5 Å². The Morgan fingerprint density at radius 3 is 2.53 bits per heavy atom. The van der Waals surface area contributed by atoms with Gasteiger partial charge >= 0.3 is 5.97 Å². The first kappa shape index (κ1) is 24.2. The summed E-state index contributed by atoms with van der Waals surface area (Å²) < 4.78 is 38.7. The summed E-state index contributed by atoms with van der Waals surface area (Å²) in [5.74, 6) is -0.771. The van der Waals surface area contributed by atoms with E-state index >= 15 is 0 Å². The van der Waals surface area contributed by atoms with E-state index in [-0.39, 0.29) is 60.3 Å². The van der Waals surface area contributed by atoms with E-state index in [2.05, 4.69) is 18.7 Å². The van der Waals surface area contributed by atoms with Crippen LogP contribution in [0.3, 0.4) is 0 Å². The Kier molecular flexibility index (Phi) is 4.87. The first-order chi connectivity index (χ1) is 17.2. The van der Waals surface area contributed by atoms with Gasteiger partial charge in [0.25, 0.3) is 0 Å². The first-order valence-electron chi connectivity index (χ1n) is 13.7. The third kappa shape index (κ3) is 2.16. The Morgan fingerprint density at radius 1 is 1.11 bits per heavy atom. The highest BCUT2D eigenvalue weighted by molar-refractivity contribution is 5.67. The molecule has 7 bridgehead atoms. The van der Waals surface area contributed by atoms with Gasteiger partial charge in [-0.2, -0.15) is 0 Å². The number of rotatable bonds is 5. The molecule has 5 saturated carbocycles. The molecule has 3 spiro atoms. The number of fused-ring (bicyclic) bond motifs is 1. The van der Waals surface area contributed by atoms with Gasteiger partial charge in [-0.1, -0.05) is 13.8 Å².